The number of nitrogens with zero attached hydrogens (tertiary/aromatic N) is 2. The molecule has 0 saturated heterocycles. The van der Waals surface area contributed by atoms with Gasteiger partial charge in [-0.15, -0.1) is 0 Å². The van der Waals surface area contributed by atoms with E-state index in [2.05, 4.69) is 35.2 Å². The molecule has 0 radical (unpaired) electrons. The molecule has 0 bridgehead atoms. The molecule has 1 heterocycles. The Labute approximate surface area is 96.5 Å². The van der Waals surface area contributed by atoms with Crippen molar-refractivity contribution in [2.24, 2.45) is 5.73 Å². The fraction of sp³-hybridized carbons (Fsp3) is 0.462. The van der Waals surface area contributed by atoms with Crippen molar-refractivity contribution in [2.75, 3.05) is 13.1 Å². The minimum absolute atomic E-state index is 0.370. The van der Waals surface area contributed by atoms with Gasteiger partial charge in [0.2, 0.25) is 0 Å². The van der Waals surface area contributed by atoms with Crippen molar-refractivity contribution in [1.82, 2.24) is 4.90 Å². The van der Waals surface area contributed by atoms with Crippen molar-refractivity contribution in [3.63, 3.8) is 0 Å². The Morgan fingerprint density at radius 3 is 2.88 bits per heavy atom. The number of aryl methyl sites for hydroxylation is 1. The Balaban J connectivity index is 2.08. The summed E-state index contributed by atoms with van der Waals surface area (Å²) in [6.45, 7) is 2.63. The molecular formula is C13H17N3. The molecule has 1 atom stereocenters. The van der Waals surface area contributed by atoms with Crippen LogP contribution >= 0.6 is 0 Å². The predicted octanol–water partition coefficient (Wildman–Crippen LogP) is 1.29. The van der Waals surface area contributed by atoms with E-state index in [1.54, 1.807) is 0 Å². The molecule has 0 spiro atoms. The maximum Gasteiger partial charge on any atom is 0.106 e. The fourth-order valence-corrected chi connectivity index (χ4v) is 2.24. The number of nitrogens with two attached hydrogens (primary N) is 1. The van der Waals surface area contributed by atoms with Crippen LogP contribution in [0.1, 0.15) is 17.5 Å². The van der Waals surface area contributed by atoms with E-state index in [4.69, 9.17) is 11.0 Å². The second kappa shape index (κ2) is 5.11. The maximum absolute atomic E-state index is 8.73. The summed E-state index contributed by atoms with van der Waals surface area (Å²) in [5.41, 5.74) is 8.49. The quantitative estimate of drug-likeness (QED) is 0.808. The largest absolute Gasteiger partial charge is 0.315 e. The van der Waals surface area contributed by atoms with Crippen LogP contribution < -0.4 is 5.73 Å². The molecule has 1 aromatic carbocycles. The van der Waals surface area contributed by atoms with Crippen LogP contribution in [0, 0.1) is 11.3 Å². The van der Waals surface area contributed by atoms with Gasteiger partial charge in [0.15, 0.2) is 0 Å². The first-order valence-corrected chi connectivity index (χ1v) is 5.74. The Morgan fingerprint density at radius 1 is 1.38 bits per heavy atom. The van der Waals surface area contributed by atoms with Crippen LogP contribution in [0.3, 0.4) is 0 Å². The smallest absolute Gasteiger partial charge is 0.106 e. The van der Waals surface area contributed by atoms with Gasteiger partial charge in [0.25, 0.3) is 0 Å². The maximum atomic E-state index is 8.73. The van der Waals surface area contributed by atoms with Gasteiger partial charge in [0.1, 0.15) is 6.04 Å². The molecule has 0 fully saturated rings. The van der Waals surface area contributed by atoms with Crippen molar-refractivity contribution in [2.45, 2.75) is 25.4 Å². The Morgan fingerprint density at radius 2 is 2.12 bits per heavy atom. The van der Waals surface area contributed by atoms with Crippen LogP contribution in [0.4, 0.5) is 0 Å². The van der Waals surface area contributed by atoms with E-state index in [0.717, 1.165) is 25.9 Å². The molecule has 3 nitrogen and oxygen atoms in total. The van der Waals surface area contributed by atoms with Crippen LogP contribution in [0.5, 0.6) is 0 Å². The van der Waals surface area contributed by atoms with Crippen LogP contribution in [0.2, 0.25) is 0 Å². The summed E-state index contributed by atoms with van der Waals surface area (Å²) < 4.78 is 0. The third kappa shape index (κ3) is 2.60. The number of nitriles is 1. The van der Waals surface area contributed by atoms with Crippen LogP contribution in [-0.4, -0.2) is 24.0 Å². The Hall–Kier alpha value is -1.37. The predicted molar refractivity (Wildman–Crippen MR) is 63.6 cm³/mol. The van der Waals surface area contributed by atoms with Gasteiger partial charge in [0, 0.05) is 13.1 Å². The molecule has 2 N–H and O–H groups in total. The molecule has 1 aromatic rings. The molecule has 1 unspecified atom stereocenters. The molecule has 1 aliphatic rings. The third-order valence-electron chi connectivity index (χ3n) is 3.05. The van der Waals surface area contributed by atoms with E-state index in [1.807, 2.05) is 0 Å². The third-order valence-corrected chi connectivity index (χ3v) is 3.05. The topological polar surface area (TPSA) is 53.1 Å². The number of hydrogen-bond donors (Lipinski definition) is 1. The number of hydrogen-bond acceptors (Lipinski definition) is 3. The van der Waals surface area contributed by atoms with Gasteiger partial charge in [-0.1, -0.05) is 24.3 Å². The van der Waals surface area contributed by atoms with Gasteiger partial charge < -0.3 is 5.73 Å². The lowest BCUT2D eigenvalue weighted by Crippen LogP contribution is -2.36. The molecule has 3 heteroatoms. The zero-order valence-electron chi connectivity index (χ0n) is 9.39. The van der Waals surface area contributed by atoms with Crippen LogP contribution in [0.25, 0.3) is 0 Å². The molecule has 0 aliphatic carbocycles. The molecule has 2 rings (SSSR count). The van der Waals surface area contributed by atoms with Crippen LogP contribution in [-0.2, 0) is 13.0 Å². The molecular weight excluding hydrogens is 198 g/mol. The molecule has 0 saturated carbocycles. The first-order valence-electron chi connectivity index (χ1n) is 5.74. The van der Waals surface area contributed by atoms with Gasteiger partial charge in [-0.3, -0.25) is 4.90 Å². The average molecular weight is 215 g/mol. The highest BCUT2D eigenvalue weighted by atomic mass is 15.1. The van der Waals surface area contributed by atoms with E-state index in [9.17, 15) is 0 Å². The highest BCUT2D eigenvalue weighted by Gasteiger charge is 2.15. The van der Waals surface area contributed by atoms with Gasteiger partial charge in [0.05, 0.1) is 6.07 Å². The summed E-state index contributed by atoms with van der Waals surface area (Å²) in [6, 6.07) is 10.3. The summed E-state index contributed by atoms with van der Waals surface area (Å²) in [4.78, 5) is 2.28. The van der Waals surface area contributed by atoms with E-state index >= 15 is 0 Å². The lowest BCUT2D eigenvalue weighted by Gasteiger charge is -2.21. The van der Waals surface area contributed by atoms with Gasteiger partial charge in [-0.25, -0.2) is 0 Å². The zero-order valence-corrected chi connectivity index (χ0v) is 9.39. The van der Waals surface area contributed by atoms with E-state index in [0.29, 0.717) is 6.54 Å². The first-order chi connectivity index (χ1) is 7.79. The van der Waals surface area contributed by atoms with Crippen molar-refractivity contribution >= 4 is 0 Å². The lowest BCUT2D eigenvalue weighted by molar-refractivity contribution is 0.265. The SMILES string of the molecule is N#CC(N)CN1CCCc2ccccc2C1. The Bertz CT molecular complexity index is 394. The summed E-state index contributed by atoms with van der Waals surface area (Å²) in [7, 11) is 0. The average Bonchev–Trinajstić information content (AvgIpc) is 2.50. The highest BCUT2D eigenvalue weighted by Crippen LogP contribution is 2.18. The molecule has 0 amide bonds. The zero-order chi connectivity index (χ0) is 11.4. The lowest BCUT2D eigenvalue weighted by atomic mass is 10.0. The highest BCUT2D eigenvalue weighted by molar-refractivity contribution is 5.28. The second-order valence-corrected chi connectivity index (χ2v) is 4.34. The molecule has 1 aliphatic heterocycles. The van der Waals surface area contributed by atoms with Gasteiger partial charge >= 0.3 is 0 Å². The van der Waals surface area contributed by atoms with Crippen molar-refractivity contribution < 1.29 is 0 Å². The van der Waals surface area contributed by atoms with Crippen molar-refractivity contribution in [3.05, 3.63) is 35.4 Å². The van der Waals surface area contributed by atoms with E-state index < -0.39 is 0 Å². The standard InChI is InChI=1S/C13H17N3/c14-8-13(15)10-16-7-3-6-11-4-1-2-5-12(11)9-16/h1-2,4-5,13H,3,6-7,9-10,15H2. The summed E-state index contributed by atoms with van der Waals surface area (Å²) in [5.74, 6) is 0. The summed E-state index contributed by atoms with van der Waals surface area (Å²) in [6.07, 6.45) is 2.28. The minimum atomic E-state index is -0.370. The van der Waals surface area contributed by atoms with Crippen molar-refractivity contribution in [1.29, 1.82) is 5.26 Å². The molecule has 84 valence electrons. The fourth-order valence-electron chi connectivity index (χ4n) is 2.24. The summed E-state index contributed by atoms with van der Waals surface area (Å²) >= 11 is 0. The molecule has 0 aromatic heterocycles. The second-order valence-electron chi connectivity index (χ2n) is 4.34. The normalized spacial score (nSPS) is 18.2. The minimum Gasteiger partial charge on any atom is -0.315 e. The number of fused-ring (bicyclic) bond motifs is 1. The van der Waals surface area contributed by atoms with Crippen molar-refractivity contribution in [3.8, 4) is 6.07 Å². The molecule has 16 heavy (non-hydrogen) atoms. The van der Waals surface area contributed by atoms with Crippen LogP contribution in [0.15, 0.2) is 24.3 Å². The van der Waals surface area contributed by atoms with E-state index in [1.165, 1.54) is 11.1 Å². The summed E-state index contributed by atoms with van der Waals surface area (Å²) in [5, 5.41) is 8.73. The van der Waals surface area contributed by atoms with Gasteiger partial charge in [-0.05, 0) is 30.5 Å². The first kappa shape index (κ1) is 11.1. The Kier molecular flexibility index (Phi) is 3.55. The number of rotatable bonds is 2. The monoisotopic (exact) mass is 215 g/mol. The number of benzene rings is 1. The van der Waals surface area contributed by atoms with E-state index in [-0.39, 0.29) is 6.04 Å². The van der Waals surface area contributed by atoms with Gasteiger partial charge in [-0.2, -0.15) is 5.26 Å².